The van der Waals surface area contributed by atoms with E-state index in [0.717, 1.165) is 12.1 Å². The minimum Gasteiger partial charge on any atom is -0.365 e. The molecule has 0 saturated heterocycles. The third-order valence-electron chi connectivity index (χ3n) is 2.81. The van der Waals surface area contributed by atoms with Crippen molar-refractivity contribution in [2.45, 2.75) is 0 Å². The summed E-state index contributed by atoms with van der Waals surface area (Å²) in [5, 5.41) is 13.1. The van der Waals surface area contributed by atoms with Crippen LogP contribution in [0.15, 0.2) is 42.5 Å². The second-order valence-electron chi connectivity index (χ2n) is 4.25. The number of benzene rings is 2. The van der Waals surface area contributed by atoms with Crippen LogP contribution in [0.3, 0.4) is 0 Å². The maximum Gasteiger partial charge on any atom is 0.429 e. The first-order valence-electron chi connectivity index (χ1n) is 6.01. The number of nitriles is 1. The average molecular weight is 316 g/mol. The Morgan fingerprint density at radius 1 is 1.36 bits per heavy atom. The van der Waals surface area contributed by atoms with Crippen LogP contribution in [-0.2, 0) is 10.3 Å². The van der Waals surface area contributed by atoms with Crippen molar-refractivity contribution in [2.24, 2.45) is 0 Å². The van der Waals surface area contributed by atoms with Crippen molar-refractivity contribution >= 4 is 21.2 Å². The zero-order valence-corrected chi connectivity index (χ0v) is 11.7. The van der Waals surface area contributed by atoms with E-state index >= 15 is 0 Å². The maximum atomic E-state index is 13.1. The summed E-state index contributed by atoms with van der Waals surface area (Å²) in [6.07, 6.45) is 0. The molecular weight excluding hydrogens is 309 g/mol. The van der Waals surface area contributed by atoms with Gasteiger partial charge in [0.2, 0.25) is 0 Å². The van der Waals surface area contributed by atoms with Gasteiger partial charge in [0.1, 0.15) is 17.6 Å². The SMILES string of the molecule is N#Cc1nn(S(=O)(=O)Oc2cccc(F)c2)c2cc[c]cc12. The van der Waals surface area contributed by atoms with Crippen LogP contribution in [0.5, 0.6) is 5.75 Å². The van der Waals surface area contributed by atoms with Crippen LogP contribution in [0.2, 0.25) is 0 Å². The van der Waals surface area contributed by atoms with E-state index in [4.69, 9.17) is 9.44 Å². The van der Waals surface area contributed by atoms with E-state index in [9.17, 15) is 12.8 Å². The molecule has 0 aliphatic heterocycles. The Morgan fingerprint density at radius 2 is 2.18 bits per heavy atom. The topological polar surface area (TPSA) is 85.0 Å². The number of hydrogen-bond acceptors (Lipinski definition) is 5. The molecule has 1 aromatic heterocycles. The second kappa shape index (κ2) is 5.13. The summed E-state index contributed by atoms with van der Waals surface area (Å²) in [5.41, 5.74) is 0.102. The summed E-state index contributed by atoms with van der Waals surface area (Å²) in [6.45, 7) is 0. The van der Waals surface area contributed by atoms with Crippen molar-refractivity contribution in [3.8, 4) is 11.8 Å². The van der Waals surface area contributed by atoms with E-state index in [1.807, 2.05) is 0 Å². The summed E-state index contributed by atoms with van der Waals surface area (Å²) < 4.78 is 43.1. The Balaban J connectivity index is 2.12. The summed E-state index contributed by atoms with van der Waals surface area (Å²) >= 11 is 0. The van der Waals surface area contributed by atoms with Crippen molar-refractivity contribution < 1.29 is 17.0 Å². The fourth-order valence-corrected chi connectivity index (χ4v) is 2.91. The van der Waals surface area contributed by atoms with Gasteiger partial charge in [-0.25, -0.2) is 4.39 Å². The van der Waals surface area contributed by atoms with E-state index in [0.29, 0.717) is 9.47 Å². The van der Waals surface area contributed by atoms with Crippen LogP contribution in [0, 0.1) is 23.2 Å². The molecule has 0 aliphatic rings. The quantitative estimate of drug-likeness (QED) is 0.738. The van der Waals surface area contributed by atoms with E-state index < -0.39 is 16.1 Å². The molecule has 0 N–H and O–H groups in total. The predicted octanol–water partition coefficient (Wildman–Crippen LogP) is 2.02. The largest absolute Gasteiger partial charge is 0.429 e. The van der Waals surface area contributed by atoms with Crippen molar-refractivity contribution in [3.05, 3.63) is 60.0 Å². The molecule has 1 radical (unpaired) electrons. The normalized spacial score (nSPS) is 11.3. The fraction of sp³-hybridized carbons (Fsp3) is 0. The summed E-state index contributed by atoms with van der Waals surface area (Å²) in [7, 11) is -4.37. The third-order valence-corrected chi connectivity index (χ3v) is 3.91. The standard InChI is InChI=1S/C14H7FN3O3S/c15-10-4-3-5-11(8-10)21-22(19,20)18-14-7-2-1-6-12(14)13(9-16)17-18/h2-8H. The van der Waals surface area contributed by atoms with Crippen molar-refractivity contribution in [2.75, 3.05) is 0 Å². The second-order valence-corrected chi connectivity index (χ2v) is 5.61. The first kappa shape index (κ1) is 14.0. The molecule has 0 bridgehead atoms. The van der Waals surface area contributed by atoms with Gasteiger partial charge in [-0.1, -0.05) is 12.1 Å². The van der Waals surface area contributed by atoms with E-state index in [1.165, 1.54) is 30.3 Å². The van der Waals surface area contributed by atoms with Crippen LogP contribution in [0.1, 0.15) is 5.69 Å². The molecule has 109 valence electrons. The Bertz CT molecular complexity index is 1010. The van der Waals surface area contributed by atoms with Crippen molar-refractivity contribution in [3.63, 3.8) is 0 Å². The summed E-state index contributed by atoms with van der Waals surface area (Å²) in [4.78, 5) is 0. The van der Waals surface area contributed by atoms with Gasteiger partial charge < -0.3 is 4.18 Å². The monoisotopic (exact) mass is 316 g/mol. The van der Waals surface area contributed by atoms with Crippen molar-refractivity contribution in [1.82, 2.24) is 9.19 Å². The highest BCUT2D eigenvalue weighted by molar-refractivity contribution is 7.85. The molecule has 22 heavy (non-hydrogen) atoms. The van der Waals surface area contributed by atoms with Gasteiger partial charge in [0.15, 0.2) is 5.69 Å². The minimum absolute atomic E-state index is 0.0710. The highest BCUT2D eigenvalue weighted by Crippen LogP contribution is 2.21. The van der Waals surface area contributed by atoms with Gasteiger partial charge in [-0.2, -0.15) is 13.7 Å². The first-order valence-corrected chi connectivity index (χ1v) is 7.37. The lowest BCUT2D eigenvalue weighted by atomic mass is 10.2. The van der Waals surface area contributed by atoms with Crippen molar-refractivity contribution in [1.29, 1.82) is 5.26 Å². The fourth-order valence-electron chi connectivity index (χ4n) is 1.91. The smallest absolute Gasteiger partial charge is 0.365 e. The van der Waals surface area contributed by atoms with Gasteiger partial charge >= 0.3 is 10.3 Å². The number of halogens is 1. The lowest BCUT2D eigenvalue weighted by molar-refractivity contribution is 0.469. The molecule has 0 unspecified atom stereocenters. The number of hydrogen-bond donors (Lipinski definition) is 0. The first-order chi connectivity index (χ1) is 10.5. The Labute approximate surface area is 125 Å². The van der Waals surface area contributed by atoms with Gasteiger partial charge in [-0.3, -0.25) is 0 Å². The van der Waals surface area contributed by atoms with Crippen LogP contribution in [0.4, 0.5) is 4.39 Å². The third kappa shape index (κ3) is 2.38. The van der Waals surface area contributed by atoms with E-state index in [2.05, 4.69) is 11.2 Å². The Morgan fingerprint density at radius 3 is 2.91 bits per heavy atom. The molecule has 8 heteroatoms. The Hall–Kier alpha value is -2.92. The predicted molar refractivity (Wildman–Crippen MR) is 74.6 cm³/mol. The van der Waals surface area contributed by atoms with Gasteiger partial charge in [-0.05, 0) is 30.3 Å². The molecule has 0 amide bonds. The number of aromatic nitrogens is 2. The molecular formula is C14H7FN3O3S. The maximum absolute atomic E-state index is 13.1. The molecule has 3 aromatic rings. The molecule has 0 atom stereocenters. The number of fused-ring (bicyclic) bond motifs is 1. The van der Waals surface area contributed by atoms with E-state index in [-0.39, 0.29) is 17.0 Å². The Kier molecular flexibility index (Phi) is 3.27. The van der Waals surface area contributed by atoms with Crippen LogP contribution in [0.25, 0.3) is 10.9 Å². The van der Waals surface area contributed by atoms with Gasteiger partial charge in [-0.15, -0.1) is 9.19 Å². The molecule has 0 aliphatic carbocycles. The van der Waals surface area contributed by atoms with E-state index in [1.54, 1.807) is 6.07 Å². The van der Waals surface area contributed by atoms with Gasteiger partial charge in [0.25, 0.3) is 0 Å². The molecule has 2 aromatic carbocycles. The van der Waals surface area contributed by atoms with Crippen LogP contribution in [-0.4, -0.2) is 17.6 Å². The molecule has 1 heterocycles. The molecule has 0 fully saturated rings. The van der Waals surface area contributed by atoms with Gasteiger partial charge in [0, 0.05) is 11.5 Å². The summed E-state index contributed by atoms with van der Waals surface area (Å²) in [6, 6.07) is 13.6. The molecule has 0 spiro atoms. The molecule has 6 nitrogen and oxygen atoms in total. The average Bonchev–Trinajstić information content (AvgIpc) is 2.86. The van der Waals surface area contributed by atoms with Crippen LogP contribution < -0.4 is 4.18 Å². The lowest BCUT2D eigenvalue weighted by Crippen LogP contribution is -2.20. The highest BCUT2D eigenvalue weighted by Gasteiger charge is 2.22. The highest BCUT2D eigenvalue weighted by atomic mass is 32.2. The number of nitrogens with zero attached hydrogens (tertiary/aromatic N) is 3. The molecule has 0 saturated carbocycles. The van der Waals surface area contributed by atoms with Crippen LogP contribution >= 0.6 is 0 Å². The number of rotatable bonds is 3. The minimum atomic E-state index is -4.37. The zero-order chi connectivity index (χ0) is 15.7. The zero-order valence-electron chi connectivity index (χ0n) is 10.9. The lowest BCUT2D eigenvalue weighted by Gasteiger charge is -2.07. The van der Waals surface area contributed by atoms with Gasteiger partial charge in [0.05, 0.1) is 5.52 Å². The summed E-state index contributed by atoms with van der Waals surface area (Å²) in [5.74, 6) is -0.824. The molecule has 3 rings (SSSR count).